The number of aryl methyl sites for hydroxylation is 1. The molecule has 0 aromatic carbocycles. The van der Waals surface area contributed by atoms with Crippen LogP contribution in [0.25, 0.3) is 0 Å². The lowest BCUT2D eigenvalue weighted by atomic mass is 9.95. The summed E-state index contributed by atoms with van der Waals surface area (Å²) in [6.45, 7) is 2.09. The molecule has 20 heavy (non-hydrogen) atoms. The van der Waals surface area contributed by atoms with Crippen LogP contribution in [0.2, 0.25) is 0 Å². The van der Waals surface area contributed by atoms with Gasteiger partial charge in [-0.3, -0.25) is 9.48 Å². The van der Waals surface area contributed by atoms with Gasteiger partial charge in [-0.05, 0) is 31.0 Å². The monoisotopic (exact) mass is 272 g/mol. The maximum atomic E-state index is 12.3. The minimum absolute atomic E-state index is 0.196. The maximum Gasteiger partial charge on any atom is 0.242 e. The van der Waals surface area contributed by atoms with Gasteiger partial charge in [0.25, 0.3) is 0 Å². The average Bonchev–Trinajstić information content (AvgIpc) is 3.10. The van der Waals surface area contributed by atoms with Crippen molar-refractivity contribution in [2.45, 2.75) is 25.3 Å². The summed E-state index contributed by atoms with van der Waals surface area (Å²) in [7, 11) is 1.93. The highest BCUT2D eigenvalue weighted by atomic mass is 16.2. The van der Waals surface area contributed by atoms with Crippen molar-refractivity contribution in [3.8, 4) is 0 Å². The second kappa shape index (κ2) is 5.53. The number of hydrogen-bond donors (Lipinski definition) is 0. The van der Waals surface area contributed by atoms with E-state index >= 15 is 0 Å². The molecule has 0 saturated carbocycles. The Kier molecular flexibility index (Phi) is 3.58. The number of aromatic nitrogens is 3. The zero-order valence-electron chi connectivity index (χ0n) is 11.8. The first kappa shape index (κ1) is 13.0. The van der Waals surface area contributed by atoms with Gasteiger partial charge in [-0.1, -0.05) is 0 Å². The van der Waals surface area contributed by atoms with E-state index in [1.54, 1.807) is 0 Å². The molecule has 3 rings (SSSR count). The van der Waals surface area contributed by atoms with E-state index in [9.17, 15) is 4.79 Å². The van der Waals surface area contributed by atoms with Crippen LogP contribution in [0.5, 0.6) is 0 Å². The minimum Gasteiger partial charge on any atom is -0.345 e. The van der Waals surface area contributed by atoms with Crippen LogP contribution in [-0.4, -0.2) is 38.2 Å². The van der Waals surface area contributed by atoms with E-state index in [0.29, 0.717) is 12.5 Å². The number of carbonyl (C=O) groups is 1. The van der Waals surface area contributed by atoms with Gasteiger partial charge in [-0.15, -0.1) is 0 Å². The van der Waals surface area contributed by atoms with Crippen molar-refractivity contribution in [3.05, 3.63) is 42.5 Å². The maximum absolute atomic E-state index is 12.3. The fraction of sp³-hybridized carbons (Fsp3) is 0.467. The Morgan fingerprint density at radius 1 is 1.35 bits per heavy atom. The summed E-state index contributed by atoms with van der Waals surface area (Å²) in [5.41, 5.74) is 1.10. The van der Waals surface area contributed by atoms with E-state index in [1.165, 1.54) is 0 Å². The van der Waals surface area contributed by atoms with Crippen LogP contribution < -0.4 is 0 Å². The topological polar surface area (TPSA) is 43.1 Å². The van der Waals surface area contributed by atoms with Crippen molar-refractivity contribution in [2.24, 2.45) is 7.05 Å². The molecule has 2 aromatic heterocycles. The standard InChI is InChI=1S/C15H20N4O/c1-17-10-6-14(16-17)13-5-4-9-19(11-13)15(20)12-18-7-2-3-8-18/h2-3,6-8,10,13H,4-5,9,11-12H2,1H3/t13-/m1/s1. The minimum atomic E-state index is 0.196. The Hall–Kier alpha value is -2.04. The number of likely N-dealkylation sites (tertiary alicyclic amines) is 1. The molecule has 1 amide bonds. The molecular weight excluding hydrogens is 252 g/mol. The van der Waals surface area contributed by atoms with E-state index in [0.717, 1.165) is 31.6 Å². The summed E-state index contributed by atoms with van der Waals surface area (Å²) in [6.07, 6.45) is 8.00. The number of nitrogens with zero attached hydrogens (tertiary/aromatic N) is 4. The third-order valence-corrected chi connectivity index (χ3v) is 3.91. The van der Waals surface area contributed by atoms with Gasteiger partial charge in [0.15, 0.2) is 0 Å². The molecule has 1 aliphatic heterocycles. The van der Waals surface area contributed by atoms with Gasteiger partial charge < -0.3 is 9.47 Å². The number of rotatable bonds is 3. The Morgan fingerprint density at radius 3 is 2.85 bits per heavy atom. The van der Waals surface area contributed by atoms with Crippen molar-refractivity contribution in [2.75, 3.05) is 13.1 Å². The van der Waals surface area contributed by atoms with Crippen molar-refractivity contribution in [1.82, 2.24) is 19.2 Å². The molecular formula is C15H20N4O. The van der Waals surface area contributed by atoms with Gasteiger partial charge in [0.05, 0.1) is 5.69 Å². The van der Waals surface area contributed by atoms with Crippen LogP contribution in [-0.2, 0) is 18.4 Å². The van der Waals surface area contributed by atoms with Crippen molar-refractivity contribution in [3.63, 3.8) is 0 Å². The average molecular weight is 272 g/mol. The lowest BCUT2D eigenvalue weighted by Crippen LogP contribution is -2.40. The van der Waals surface area contributed by atoms with Crippen LogP contribution in [0.4, 0.5) is 0 Å². The van der Waals surface area contributed by atoms with Crippen LogP contribution in [0.15, 0.2) is 36.8 Å². The number of hydrogen-bond acceptors (Lipinski definition) is 2. The first-order valence-electron chi connectivity index (χ1n) is 7.10. The molecule has 1 fully saturated rings. The molecule has 1 atom stereocenters. The molecule has 0 radical (unpaired) electrons. The van der Waals surface area contributed by atoms with Gasteiger partial charge in [-0.2, -0.15) is 5.10 Å². The van der Waals surface area contributed by atoms with E-state index < -0.39 is 0 Å². The lowest BCUT2D eigenvalue weighted by molar-refractivity contribution is -0.133. The molecule has 106 valence electrons. The fourth-order valence-electron chi connectivity index (χ4n) is 2.83. The summed E-state index contributed by atoms with van der Waals surface area (Å²) in [5, 5.41) is 4.48. The Bertz CT molecular complexity index is 572. The molecule has 0 bridgehead atoms. The lowest BCUT2D eigenvalue weighted by Gasteiger charge is -2.32. The van der Waals surface area contributed by atoms with Crippen LogP contribution in [0, 0.1) is 0 Å². The Balaban J connectivity index is 1.64. The number of amides is 1. The van der Waals surface area contributed by atoms with E-state index in [1.807, 2.05) is 51.9 Å². The van der Waals surface area contributed by atoms with E-state index in [-0.39, 0.29) is 5.91 Å². The fourth-order valence-corrected chi connectivity index (χ4v) is 2.83. The highest BCUT2D eigenvalue weighted by Gasteiger charge is 2.25. The molecule has 0 aliphatic carbocycles. The molecule has 5 heteroatoms. The van der Waals surface area contributed by atoms with Gasteiger partial charge in [-0.25, -0.2) is 0 Å². The summed E-state index contributed by atoms with van der Waals surface area (Å²) in [4.78, 5) is 14.3. The summed E-state index contributed by atoms with van der Waals surface area (Å²) < 4.78 is 3.75. The first-order chi connectivity index (χ1) is 9.72. The zero-order chi connectivity index (χ0) is 13.9. The number of piperidine rings is 1. The molecule has 1 saturated heterocycles. The predicted octanol–water partition coefficient (Wildman–Crippen LogP) is 1.63. The zero-order valence-corrected chi connectivity index (χ0v) is 11.8. The van der Waals surface area contributed by atoms with Crippen molar-refractivity contribution in [1.29, 1.82) is 0 Å². The van der Waals surface area contributed by atoms with Crippen LogP contribution in [0.3, 0.4) is 0 Å². The molecule has 0 spiro atoms. The van der Waals surface area contributed by atoms with E-state index in [2.05, 4.69) is 11.2 Å². The Morgan fingerprint density at radius 2 is 2.15 bits per heavy atom. The van der Waals surface area contributed by atoms with Crippen molar-refractivity contribution >= 4 is 5.91 Å². The molecule has 0 unspecified atom stereocenters. The SMILES string of the molecule is Cn1ccc([C@@H]2CCCN(C(=O)Cn3cccc3)C2)n1. The molecule has 5 nitrogen and oxygen atoms in total. The van der Waals surface area contributed by atoms with E-state index in [4.69, 9.17) is 0 Å². The third-order valence-electron chi connectivity index (χ3n) is 3.91. The summed E-state index contributed by atoms with van der Waals surface area (Å²) in [6, 6.07) is 5.95. The second-order valence-corrected chi connectivity index (χ2v) is 5.45. The normalized spacial score (nSPS) is 19.2. The van der Waals surface area contributed by atoms with Gasteiger partial charge in [0.2, 0.25) is 5.91 Å². The molecule has 0 N–H and O–H groups in total. The smallest absolute Gasteiger partial charge is 0.242 e. The Labute approximate surface area is 118 Å². The second-order valence-electron chi connectivity index (χ2n) is 5.45. The van der Waals surface area contributed by atoms with Crippen LogP contribution >= 0.6 is 0 Å². The number of carbonyl (C=O) groups excluding carboxylic acids is 1. The third kappa shape index (κ3) is 2.76. The summed E-state index contributed by atoms with van der Waals surface area (Å²) in [5.74, 6) is 0.570. The van der Waals surface area contributed by atoms with Crippen LogP contribution in [0.1, 0.15) is 24.5 Å². The van der Waals surface area contributed by atoms with Gasteiger partial charge in [0, 0.05) is 44.6 Å². The molecule has 3 heterocycles. The first-order valence-corrected chi connectivity index (χ1v) is 7.10. The highest BCUT2D eigenvalue weighted by Crippen LogP contribution is 2.25. The van der Waals surface area contributed by atoms with Crippen molar-refractivity contribution < 1.29 is 4.79 Å². The summed E-state index contributed by atoms with van der Waals surface area (Å²) >= 11 is 0. The predicted molar refractivity (Wildman–Crippen MR) is 76.2 cm³/mol. The van der Waals surface area contributed by atoms with Gasteiger partial charge >= 0.3 is 0 Å². The quantitative estimate of drug-likeness (QED) is 0.852. The molecule has 1 aliphatic rings. The highest BCUT2D eigenvalue weighted by molar-refractivity contribution is 5.76. The molecule has 2 aromatic rings. The van der Waals surface area contributed by atoms with Gasteiger partial charge in [0.1, 0.15) is 6.54 Å². The largest absolute Gasteiger partial charge is 0.345 e.